The van der Waals surface area contributed by atoms with E-state index in [-0.39, 0.29) is 12.4 Å². The minimum atomic E-state index is 0. The molecule has 2 aromatic rings. The second-order valence-corrected chi connectivity index (χ2v) is 6.70. The van der Waals surface area contributed by atoms with Crippen LogP contribution < -0.4 is 10.1 Å². The number of nitrogens with one attached hydrogen (secondary N) is 1. The summed E-state index contributed by atoms with van der Waals surface area (Å²) in [6.07, 6.45) is 2.34. The quantitative estimate of drug-likeness (QED) is 0.902. The Morgan fingerprint density at radius 2 is 1.88 bits per heavy atom. The Kier molecular flexibility index (Phi) is 5.93. The van der Waals surface area contributed by atoms with Gasteiger partial charge in [0.25, 0.3) is 0 Å². The molecule has 0 bridgehead atoms. The first-order chi connectivity index (χ1) is 11.8. The van der Waals surface area contributed by atoms with Crippen LogP contribution in [0.5, 0.6) is 5.75 Å². The molecule has 1 fully saturated rings. The maximum absolute atomic E-state index is 5.23. The molecule has 4 rings (SSSR count). The number of piperidine rings is 1. The predicted molar refractivity (Wildman–Crippen MR) is 99.2 cm³/mol. The lowest BCUT2D eigenvalue weighted by Crippen LogP contribution is -2.34. The molecular formula is C18H26ClN5O. The molecule has 0 radical (unpaired) electrons. The van der Waals surface area contributed by atoms with E-state index in [0.29, 0.717) is 5.92 Å². The molecule has 136 valence electrons. The number of halogens is 1. The maximum Gasteiger partial charge on any atom is 0.147 e. The lowest BCUT2D eigenvalue weighted by molar-refractivity contribution is 0.199. The van der Waals surface area contributed by atoms with Crippen molar-refractivity contribution < 1.29 is 4.74 Å². The first-order valence-electron chi connectivity index (χ1n) is 8.81. The number of methoxy groups -OCH3 is 1. The van der Waals surface area contributed by atoms with Crippen molar-refractivity contribution in [3.63, 3.8) is 0 Å². The zero-order valence-electron chi connectivity index (χ0n) is 14.6. The smallest absolute Gasteiger partial charge is 0.147 e. The van der Waals surface area contributed by atoms with E-state index in [9.17, 15) is 0 Å². The van der Waals surface area contributed by atoms with Gasteiger partial charge in [0.15, 0.2) is 0 Å². The fraction of sp³-hybridized carbons (Fsp3) is 0.556. The molecule has 0 aliphatic carbocycles. The van der Waals surface area contributed by atoms with Crippen LogP contribution in [0.4, 0.5) is 0 Å². The van der Waals surface area contributed by atoms with E-state index in [2.05, 4.69) is 37.1 Å². The van der Waals surface area contributed by atoms with Crippen LogP contribution in [-0.2, 0) is 19.6 Å². The van der Waals surface area contributed by atoms with E-state index in [1.807, 2.05) is 12.1 Å². The lowest BCUT2D eigenvalue weighted by Gasteiger charge is -2.32. The van der Waals surface area contributed by atoms with Gasteiger partial charge >= 0.3 is 0 Å². The average Bonchev–Trinajstić information content (AvgIpc) is 3.07. The van der Waals surface area contributed by atoms with Crippen LogP contribution in [0.15, 0.2) is 24.3 Å². The molecule has 6 nitrogen and oxygen atoms in total. The van der Waals surface area contributed by atoms with E-state index in [0.717, 1.165) is 50.8 Å². The Morgan fingerprint density at radius 1 is 1.12 bits per heavy atom. The minimum Gasteiger partial charge on any atom is -0.497 e. The molecule has 3 heterocycles. The van der Waals surface area contributed by atoms with Crippen molar-refractivity contribution >= 4 is 12.4 Å². The summed E-state index contributed by atoms with van der Waals surface area (Å²) in [5.41, 5.74) is 1.35. The molecular weight excluding hydrogens is 338 g/mol. The summed E-state index contributed by atoms with van der Waals surface area (Å²) in [6.45, 7) is 6.13. The van der Waals surface area contributed by atoms with Crippen molar-refractivity contribution in [2.75, 3.05) is 26.7 Å². The van der Waals surface area contributed by atoms with E-state index in [1.54, 1.807) is 7.11 Å². The van der Waals surface area contributed by atoms with Gasteiger partial charge in [0.1, 0.15) is 17.4 Å². The maximum atomic E-state index is 5.23. The standard InChI is InChI=1S/C18H25N5O.ClH/c1-24-16-4-2-14(3-5-16)13-22-9-6-15(7-10-22)18-21-20-17-12-19-8-11-23(17)18;/h2-5,15,19H,6-13H2,1H3;1H. The summed E-state index contributed by atoms with van der Waals surface area (Å²) in [5, 5.41) is 12.2. The van der Waals surface area contributed by atoms with Crippen molar-refractivity contribution in [1.82, 2.24) is 25.0 Å². The fourth-order valence-electron chi connectivity index (χ4n) is 3.76. The van der Waals surface area contributed by atoms with Gasteiger partial charge in [-0.1, -0.05) is 12.1 Å². The van der Waals surface area contributed by atoms with E-state index < -0.39 is 0 Å². The minimum absolute atomic E-state index is 0. The third-order valence-corrected chi connectivity index (χ3v) is 5.17. The predicted octanol–water partition coefficient (Wildman–Crippen LogP) is 2.19. The highest BCUT2D eigenvalue weighted by atomic mass is 35.5. The van der Waals surface area contributed by atoms with Crippen LogP contribution in [0.25, 0.3) is 0 Å². The first kappa shape index (κ1) is 18.2. The third kappa shape index (κ3) is 3.97. The average molecular weight is 364 g/mol. The zero-order valence-corrected chi connectivity index (χ0v) is 15.5. The molecule has 0 atom stereocenters. The summed E-state index contributed by atoms with van der Waals surface area (Å²) < 4.78 is 7.56. The summed E-state index contributed by atoms with van der Waals surface area (Å²) in [7, 11) is 1.71. The van der Waals surface area contributed by atoms with E-state index in [4.69, 9.17) is 4.74 Å². The Labute approximate surface area is 155 Å². The molecule has 0 unspecified atom stereocenters. The number of ether oxygens (including phenoxy) is 1. The molecule has 1 saturated heterocycles. The summed E-state index contributed by atoms with van der Waals surface area (Å²) in [4.78, 5) is 2.54. The number of hydrogen-bond donors (Lipinski definition) is 1. The van der Waals surface area contributed by atoms with Gasteiger partial charge in [-0.2, -0.15) is 0 Å². The Hall–Kier alpha value is -1.63. The second kappa shape index (κ2) is 8.17. The van der Waals surface area contributed by atoms with Gasteiger partial charge in [0, 0.05) is 25.6 Å². The van der Waals surface area contributed by atoms with Crippen LogP contribution in [0, 0.1) is 0 Å². The normalized spacial score (nSPS) is 18.4. The number of nitrogens with zero attached hydrogens (tertiary/aromatic N) is 4. The number of aromatic nitrogens is 3. The first-order valence-corrected chi connectivity index (χ1v) is 8.81. The Morgan fingerprint density at radius 3 is 2.60 bits per heavy atom. The van der Waals surface area contributed by atoms with E-state index in [1.165, 1.54) is 24.2 Å². The van der Waals surface area contributed by atoms with Crippen LogP contribution in [-0.4, -0.2) is 46.4 Å². The SMILES string of the molecule is COc1ccc(CN2CCC(c3nnc4n3CCNC4)CC2)cc1.Cl. The fourth-order valence-corrected chi connectivity index (χ4v) is 3.76. The molecule has 1 aromatic carbocycles. The van der Waals surface area contributed by atoms with Crippen molar-refractivity contribution in [3.8, 4) is 5.75 Å². The molecule has 2 aliphatic heterocycles. The molecule has 2 aliphatic rings. The highest BCUT2D eigenvalue weighted by Crippen LogP contribution is 2.28. The number of rotatable bonds is 4. The largest absolute Gasteiger partial charge is 0.497 e. The van der Waals surface area contributed by atoms with Crippen LogP contribution in [0.1, 0.15) is 36.0 Å². The van der Waals surface area contributed by atoms with Crippen LogP contribution >= 0.6 is 12.4 Å². The number of benzene rings is 1. The van der Waals surface area contributed by atoms with E-state index >= 15 is 0 Å². The molecule has 0 amide bonds. The summed E-state index contributed by atoms with van der Waals surface area (Å²) >= 11 is 0. The van der Waals surface area contributed by atoms with Gasteiger partial charge in [0.05, 0.1) is 13.7 Å². The molecule has 25 heavy (non-hydrogen) atoms. The molecule has 0 saturated carbocycles. The molecule has 1 aromatic heterocycles. The third-order valence-electron chi connectivity index (χ3n) is 5.17. The van der Waals surface area contributed by atoms with Crippen molar-refractivity contribution in [2.45, 2.75) is 38.4 Å². The van der Waals surface area contributed by atoms with Crippen LogP contribution in [0.3, 0.4) is 0 Å². The second-order valence-electron chi connectivity index (χ2n) is 6.70. The monoisotopic (exact) mass is 363 g/mol. The highest BCUT2D eigenvalue weighted by Gasteiger charge is 2.26. The van der Waals surface area contributed by atoms with Crippen molar-refractivity contribution in [1.29, 1.82) is 0 Å². The van der Waals surface area contributed by atoms with Gasteiger partial charge in [-0.05, 0) is 43.6 Å². The number of fused-ring (bicyclic) bond motifs is 1. The van der Waals surface area contributed by atoms with Gasteiger partial charge in [-0.3, -0.25) is 4.90 Å². The summed E-state index contributed by atoms with van der Waals surface area (Å²) in [6, 6.07) is 8.40. The van der Waals surface area contributed by atoms with Crippen LogP contribution in [0.2, 0.25) is 0 Å². The van der Waals surface area contributed by atoms with Gasteiger partial charge in [-0.15, -0.1) is 22.6 Å². The highest BCUT2D eigenvalue weighted by molar-refractivity contribution is 5.85. The van der Waals surface area contributed by atoms with Crippen molar-refractivity contribution in [2.24, 2.45) is 0 Å². The Bertz CT molecular complexity index is 679. The van der Waals surface area contributed by atoms with Gasteiger partial charge in [-0.25, -0.2) is 0 Å². The number of hydrogen-bond acceptors (Lipinski definition) is 5. The van der Waals surface area contributed by atoms with Gasteiger partial charge < -0.3 is 14.6 Å². The molecule has 1 N–H and O–H groups in total. The van der Waals surface area contributed by atoms with Crippen molar-refractivity contribution in [3.05, 3.63) is 41.5 Å². The Balaban J connectivity index is 0.00000182. The number of likely N-dealkylation sites (tertiary alicyclic amines) is 1. The summed E-state index contributed by atoms with van der Waals surface area (Å²) in [5.74, 6) is 3.77. The molecule has 0 spiro atoms. The zero-order chi connectivity index (χ0) is 16.4. The topological polar surface area (TPSA) is 55.2 Å². The lowest BCUT2D eigenvalue weighted by atomic mass is 9.95. The molecule has 7 heteroatoms. The van der Waals surface area contributed by atoms with Gasteiger partial charge in [0.2, 0.25) is 0 Å².